The number of pyridine rings is 1. The van der Waals surface area contributed by atoms with Gasteiger partial charge in [0.25, 0.3) is 0 Å². The van der Waals surface area contributed by atoms with E-state index in [9.17, 15) is 5.11 Å². The summed E-state index contributed by atoms with van der Waals surface area (Å²) in [6, 6.07) is 13.8. The van der Waals surface area contributed by atoms with E-state index in [-0.39, 0.29) is 0 Å². The molecule has 1 unspecified atom stereocenters. The van der Waals surface area contributed by atoms with E-state index in [1.807, 2.05) is 42.6 Å². The molecule has 0 aliphatic heterocycles. The summed E-state index contributed by atoms with van der Waals surface area (Å²) < 4.78 is 0. The average molecular weight is 227 g/mol. The van der Waals surface area contributed by atoms with Crippen molar-refractivity contribution in [3.8, 4) is 0 Å². The molecule has 2 aromatic rings. The maximum atomic E-state index is 10.1. The molecular weight excluding hydrogens is 210 g/mol. The number of aromatic nitrogens is 1. The van der Waals surface area contributed by atoms with Crippen molar-refractivity contribution in [3.63, 3.8) is 0 Å². The summed E-state index contributed by atoms with van der Waals surface area (Å²) in [5.74, 6) is 0. The molecule has 0 aliphatic rings. The van der Waals surface area contributed by atoms with Crippen LogP contribution in [-0.4, -0.2) is 10.1 Å². The summed E-state index contributed by atoms with van der Waals surface area (Å²) in [4.78, 5) is 4.36. The lowest BCUT2D eigenvalue weighted by molar-refractivity contribution is 0.177. The Morgan fingerprint density at radius 3 is 2.47 bits per heavy atom. The third kappa shape index (κ3) is 3.14. The molecule has 1 aromatic carbocycles. The molecule has 1 N–H and O–H groups in total. The van der Waals surface area contributed by atoms with Crippen LogP contribution in [-0.2, 0) is 12.8 Å². The number of aryl methyl sites for hydroxylation is 1. The van der Waals surface area contributed by atoms with Gasteiger partial charge >= 0.3 is 0 Å². The van der Waals surface area contributed by atoms with Crippen molar-refractivity contribution >= 4 is 0 Å². The molecule has 1 heterocycles. The third-order valence-corrected chi connectivity index (χ3v) is 2.88. The molecule has 88 valence electrons. The lowest BCUT2D eigenvalue weighted by Gasteiger charge is -2.10. The fourth-order valence-electron chi connectivity index (χ4n) is 1.78. The van der Waals surface area contributed by atoms with Gasteiger partial charge in [0.15, 0.2) is 0 Å². The molecule has 2 rings (SSSR count). The minimum absolute atomic E-state index is 0.476. The predicted octanol–water partition coefficient (Wildman–Crippen LogP) is 2.92. The van der Waals surface area contributed by atoms with Gasteiger partial charge in [-0.1, -0.05) is 43.3 Å². The molecule has 0 fully saturated rings. The Morgan fingerprint density at radius 2 is 1.88 bits per heavy atom. The number of hydrogen-bond acceptors (Lipinski definition) is 2. The summed E-state index contributed by atoms with van der Waals surface area (Å²) >= 11 is 0. The van der Waals surface area contributed by atoms with Gasteiger partial charge in [-0.2, -0.15) is 0 Å². The number of nitrogens with zero attached hydrogens (tertiary/aromatic N) is 1. The van der Waals surface area contributed by atoms with E-state index in [2.05, 4.69) is 18.0 Å². The van der Waals surface area contributed by atoms with Gasteiger partial charge in [0.1, 0.15) is 0 Å². The topological polar surface area (TPSA) is 33.1 Å². The van der Waals surface area contributed by atoms with Gasteiger partial charge in [0, 0.05) is 18.3 Å². The lowest BCUT2D eigenvalue weighted by atomic mass is 10.0. The van der Waals surface area contributed by atoms with Crippen molar-refractivity contribution in [2.75, 3.05) is 0 Å². The van der Waals surface area contributed by atoms with Gasteiger partial charge in [0.2, 0.25) is 0 Å². The van der Waals surface area contributed by atoms with Crippen LogP contribution >= 0.6 is 0 Å². The molecule has 2 heteroatoms. The second-order valence-corrected chi connectivity index (χ2v) is 4.14. The maximum absolute atomic E-state index is 10.1. The fourth-order valence-corrected chi connectivity index (χ4v) is 1.78. The highest BCUT2D eigenvalue weighted by Gasteiger charge is 2.08. The Labute approximate surface area is 102 Å². The van der Waals surface area contributed by atoms with E-state index < -0.39 is 6.10 Å². The van der Waals surface area contributed by atoms with Gasteiger partial charge in [-0.15, -0.1) is 0 Å². The largest absolute Gasteiger partial charge is 0.388 e. The first-order valence-electron chi connectivity index (χ1n) is 5.96. The van der Waals surface area contributed by atoms with Gasteiger partial charge in [-0.05, 0) is 23.6 Å². The average Bonchev–Trinajstić information content (AvgIpc) is 2.40. The van der Waals surface area contributed by atoms with Crippen molar-refractivity contribution in [2.24, 2.45) is 0 Å². The van der Waals surface area contributed by atoms with Crippen molar-refractivity contribution in [2.45, 2.75) is 25.9 Å². The molecule has 0 bridgehead atoms. The predicted molar refractivity (Wildman–Crippen MR) is 68.7 cm³/mol. The van der Waals surface area contributed by atoms with Crippen LogP contribution < -0.4 is 0 Å². The number of hydrogen-bond donors (Lipinski definition) is 1. The molecule has 0 saturated carbocycles. The number of benzene rings is 1. The molecule has 2 nitrogen and oxygen atoms in total. The maximum Gasteiger partial charge on any atom is 0.0845 e. The Kier molecular flexibility index (Phi) is 3.89. The SMILES string of the molecule is CCc1ccc(CC(O)c2ccccc2)nc1. The second kappa shape index (κ2) is 5.60. The summed E-state index contributed by atoms with van der Waals surface area (Å²) in [7, 11) is 0. The Balaban J connectivity index is 2.05. The molecule has 0 saturated heterocycles. The van der Waals surface area contributed by atoms with E-state index in [4.69, 9.17) is 0 Å². The summed E-state index contributed by atoms with van der Waals surface area (Å²) in [5, 5.41) is 10.1. The summed E-state index contributed by atoms with van der Waals surface area (Å²) in [5.41, 5.74) is 3.09. The zero-order valence-electron chi connectivity index (χ0n) is 10.0. The van der Waals surface area contributed by atoms with E-state index in [0.717, 1.165) is 17.7 Å². The van der Waals surface area contributed by atoms with Crippen molar-refractivity contribution in [1.82, 2.24) is 4.98 Å². The van der Waals surface area contributed by atoms with Crippen LogP contribution in [0.4, 0.5) is 0 Å². The van der Waals surface area contributed by atoms with E-state index in [1.165, 1.54) is 5.56 Å². The lowest BCUT2D eigenvalue weighted by Crippen LogP contribution is -2.03. The fraction of sp³-hybridized carbons (Fsp3) is 0.267. The quantitative estimate of drug-likeness (QED) is 0.871. The van der Waals surface area contributed by atoms with E-state index in [0.29, 0.717) is 6.42 Å². The van der Waals surface area contributed by atoms with Crippen molar-refractivity contribution in [1.29, 1.82) is 0 Å². The second-order valence-electron chi connectivity index (χ2n) is 4.14. The van der Waals surface area contributed by atoms with Crippen LogP contribution in [0, 0.1) is 0 Å². The first-order chi connectivity index (χ1) is 8.29. The minimum atomic E-state index is -0.476. The monoisotopic (exact) mass is 227 g/mol. The molecule has 0 amide bonds. The summed E-state index contributed by atoms with van der Waals surface area (Å²) in [6.07, 6.45) is 2.96. The van der Waals surface area contributed by atoms with Gasteiger partial charge < -0.3 is 5.11 Å². The van der Waals surface area contributed by atoms with E-state index in [1.54, 1.807) is 0 Å². The Bertz CT molecular complexity index is 450. The molecule has 1 atom stereocenters. The van der Waals surface area contributed by atoms with Crippen molar-refractivity contribution < 1.29 is 5.11 Å². The highest BCUT2D eigenvalue weighted by molar-refractivity contribution is 5.20. The third-order valence-electron chi connectivity index (χ3n) is 2.88. The standard InChI is InChI=1S/C15H17NO/c1-2-12-8-9-14(16-11-12)10-15(17)13-6-4-3-5-7-13/h3-9,11,15,17H,2,10H2,1H3. The van der Waals surface area contributed by atoms with Gasteiger partial charge in [0.05, 0.1) is 6.10 Å². The van der Waals surface area contributed by atoms with E-state index >= 15 is 0 Å². The number of aliphatic hydroxyl groups is 1. The van der Waals surface area contributed by atoms with Crippen LogP contribution in [0.15, 0.2) is 48.7 Å². The van der Waals surface area contributed by atoms with Crippen LogP contribution in [0.3, 0.4) is 0 Å². The van der Waals surface area contributed by atoms with Gasteiger partial charge in [-0.3, -0.25) is 4.98 Å². The zero-order valence-corrected chi connectivity index (χ0v) is 10.0. The molecule has 0 spiro atoms. The number of aliphatic hydroxyl groups excluding tert-OH is 1. The molecule has 17 heavy (non-hydrogen) atoms. The summed E-state index contributed by atoms with van der Waals surface area (Å²) in [6.45, 7) is 2.11. The van der Waals surface area contributed by atoms with Crippen molar-refractivity contribution in [3.05, 3.63) is 65.5 Å². The minimum Gasteiger partial charge on any atom is -0.388 e. The Hall–Kier alpha value is -1.67. The molecule has 0 aliphatic carbocycles. The normalized spacial score (nSPS) is 12.4. The van der Waals surface area contributed by atoms with Crippen LogP contribution in [0.5, 0.6) is 0 Å². The van der Waals surface area contributed by atoms with Crippen LogP contribution in [0.25, 0.3) is 0 Å². The van der Waals surface area contributed by atoms with Crippen LogP contribution in [0.1, 0.15) is 29.8 Å². The molecular formula is C15H17NO. The van der Waals surface area contributed by atoms with Gasteiger partial charge in [-0.25, -0.2) is 0 Å². The molecule has 0 radical (unpaired) electrons. The number of rotatable bonds is 4. The molecule has 1 aromatic heterocycles. The first-order valence-corrected chi connectivity index (χ1v) is 5.96. The van der Waals surface area contributed by atoms with Crippen LogP contribution in [0.2, 0.25) is 0 Å². The zero-order chi connectivity index (χ0) is 12.1. The Morgan fingerprint density at radius 1 is 1.12 bits per heavy atom. The first kappa shape index (κ1) is 11.8. The smallest absolute Gasteiger partial charge is 0.0845 e. The highest BCUT2D eigenvalue weighted by atomic mass is 16.3. The highest BCUT2D eigenvalue weighted by Crippen LogP contribution is 2.16.